The maximum absolute atomic E-state index is 13.4. The fourth-order valence-electron chi connectivity index (χ4n) is 7.60. The standard InChI is InChI=1S/C39H55N3O6/c43-34-19-17-32(33-18-20-36(45)41-37(33)34)35(44)27-40-23-11-3-1-2-4-12-24-42-25-21-29(22-26-42)28-48-38(46)39(47,30-13-7-5-8-14-30)31-15-9-6-10-16-31/h5,7-8,13-14,17-20,29,31,35,40,43-44,47H,1-4,6,9-12,15-16,21-28H2,(H,41,45)/t35-,39?/m0/s1. The highest BCUT2D eigenvalue weighted by Crippen LogP contribution is 2.40. The van der Waals surface area contributed by atoms with Gasteiger partial charge < -0.3 is 35.3 Å². The number of fused-ring (bicyclic) bond motifs is 1. The van der Waals surface area contributed by atoms with Crippen molar-refractivity contribution in [2.24, 2.45) is 11.8 Å². The highest BCUT2D eigenvalue weighted by molar-refractivity contribution is 5.87. The minimum Gasteiger partial charge on any atom is -0.506 e. The molecule has 262 valence electrons. The van der Waals surface area contributed by atoms with E-state index in [1.165, 1.54) is 37.8 Å². The normalized spacial score (nSPS) is 18.5. The molecule has 3 aromatic rings. The van der Waals surface area contributed by atoms with Crippen LogP contribution in [0.1, 0.15) is 101 Å². The van der Waals surface area contributed by atoms with E-state index in [9.17, 15) is 24.9 Å². The first-order chi connectivity index (χ1) is 23.4. The lowest BCUT2D eigenvalue weighted by atomic mass is 9.73. The van der Waals surface area contributed by atoms with Gasteiger partial charge >= 0.3 is 5.97 Å². The molecule has 0 amide bonds. The summed E-state index contributed by atoms with van der Waals surface area (Å²) in [4.78, 5) is 30.2. The van der Waals surface area contributed by atoms with E-state index in [0.717, 1.165) is 84.0 Å². The zero-order valence-corrected chi connectivity index (χ0v) is 28.4. The van der Waals surface area contributed by atoms with Gasteiger partial charge in [-0.1, -0.05) is 81.3 Å². The number of hydrogen-bond acceptors (Lipinski definition) is 8. The zero-order chi connectivity index (χ0) is 33.8. The zero-order valence-electron chi connectivity index (χ0n) is 28.4. The number of aliphatic hydroxyl groups is 2. The minimum absolute atomic E-state index is 0.00453. The number of carbonyl (C=O) groups is 1. The molecule has 9 heteroatoms. The summed E-state index contributed by atoms with van der Waals surface area (Å²) in [5.41, 5.74) is -0.157. The summed E-state index contributed by atoms with van der Waals surface area (Å²) in [5, 5.41) is 36.5. The number of pyridine rings is 1. The number of ether oxygens (including phenoxy) is 1. The Morgan fingerprint density at radius 3 is 2.38 bits per heavy atom. The summed E-state index contributed by atoms with van der Waals surface area (Å²) in [6.07, 6.45) is 13.3. The molecule has 1 aliphatic heterocycles. The third-order valence-electron chi connectivity index (χ3n) is 10.6. The number of benzene rings is 2. The molecule has 5 rings (SSSR count). The van der Waals surface area contributed by atoms with Gasteiger partial charge in [-0.05, 0) is 93.9 Å². The molecular formula is C39H55N3O6. The summed E-state index contributed by atoms with van der Waals surface area (Å²) in [7, 11) is 0. The van der Waals surface area contributed by atoms with Gasteiger partial charge in [0.1, 0.15) is 5.75 Å². The second-order valence-corrected chi connectivity index (χ2v) is 14.0. The highest BCUT2D eigenvalue weighted by Gasteiger charge is 2.47. The van der Waals surface area contributed by atoms with Gasteiger partial charge in [-0.15, -0.1) is 0 Å². The Balaban J connectivity index is 0.906. The fourth-order valence-corrected chi connectivity index (χ4v) is 7.60. The van der Waals surface area contributed by atoms with Crippen molar-refractivity contribution in [1.82, 2.24) is 15.2 Å². The van der Waals surface area contributed by atoms with Crippen LogP contribution in [-0.4, -0.2) is 70.5 Å². The van der Waals surface area contributed by atoms with Crippen molar-refractivity contribution in [1.29, 1.82) is 0 Å². The molecule has 2 aliphatic rings. The Hall–Kier alpha value is -3.24. The smallest absolute Gasteiger partial charge is 0.343 e. The molecule has 1 saturated carbocycles. The molecule has 0 spiro atoms. The van der Waals surface area contributed by atoms with Gasteiger partial charge in [0.05, 0.1) is 18.2 Å². The Kier molecular flexibility index (Phi) is 13.5. The number of hydrogen-bond donors (Lipinski definition) is 5. The van der Waals surface area contributed by atoms with Gasteiger partial charge in [0, 0.05) is 23.9 Å². The van der Waals surface area contributed by atoms with E-state index in [1.807, 2.05) is 30.3 Å². The van der Waals surface area contributed by atoms with Crippen LogP contribution in [-0.2, 0) is 15.1 Å². The van der Waals surface area contributed by atoms with Crippen LogP contribution in [0, 0.1) is 11.8 Å². The predicted octanol–water partition coefficient (Wildman–Crippen LogP) is 5.92. The first-order valence-corrected chi connectivity index (χ1v) is 18.3. The molecule has 1 unspecified atom stereocenters. The average molecular weight is 662 g/mol. The van der Waals surface area contributed by atoms with Gasteiger partial charge in [0.25, 0.3) is 0 Å². The maximum atomic E-state index is 13.4. The van der Waals surface area contributed by atoms with E-state index in [1.54, 1.807) is 12.1 Å². The second-order valence-electron chi connectivity index (χ2n) is 14.0. The molecule has 1 aliphatic carbocycles. The third kappa shape index (κ3) is 9.47. The number of esters is 1. The molecule has 2 atom stereocenters. The second kappa shape index (κ2) is 18.0. The molecular weight excluding hydrogens is 606 g/mol. The van der Waals surface area contributed by atoms with Crippen molar-refractivity contribution >= 4 is 16.9 Å². The quantitative estimate of drug-likeness (QED) is 0.0889. The number of aromatic amines is 1. The number of phenolic OH excluding ortho intramolecular Hbond substituents is 1. The van der Waals surface area contributed by atoms with Crippen molar-refractivity contribution in [3.05, 3.63) is 76.1 Å². The number of H-pyrrole nitrogens is 1. The average Bonchev–Trinajstić information content (AvgIpc) is 3.12. The van der Waals surface area contributed by atoms with Crippen LogP contribution >= 0.6 is 0 Å². The minimum atomic E-state index is -1.56. The number of nitrogens with zero attached hydrogens (tertiary/aromatic N) is 1. The van der Waals surface area contributed by atoms with Crippen LogP contribution in [0.4, 0.5) is 0 Å². The highest BCUT2D eigenvalue weighted by atomic mass is 16.5. The SMILES string of the molecule is O=C(OCC1CCN(CCCCCCCCNC[C@H](O)c2ccc(O)c3[nH]c(=O)ccc23)CC1)C(O)(c1ccccc1)C1CCCCC1. The van der Waals surface area contributed by atoms with Gasteiger partial charge in [0.2, 0.25) is 5.56 Å². The molecule has 0 bridgehead atoms. The number of aromatic nitrogens is 1. The molecule has 5 N–H and O–H groups in total. The molecule has 2 fully saturated rings. The van der Waals surface area contributed by atoms with E-state index in [2.05, 4.69) is 15.2 Å². The van der Waals surface area contributed by atoms with Crippen LogP contribution in [0.5, 0.6) is 5.75 Å². The number of rotatable bonds is 17. The molecule has 2 heterocycles. The van der Waals surface area contributed by atoms with E-state index < -0.39 is 17.7 Å². The molecule has 2 aromatic carbocycles. The Morgan fingerprint density at radius 1 is 0.917 bits per heavy atom. The van der Waals surface area contributed by atoms with Crippen molar-refractivity contribution in [2.75, 3.05) is 39.3 Å². The van der Waals surface area contributed by atoms with E-state index in [4.69, 9.17) is 4.74 Å². The number of aliphatic hydroxyl groups excluding tert-OH is 1. The van der Waals surface area contributed by atoms with Crippen LogP contribution < -0.4 is 10.9 Å². The topological polar surface area (TPSA) is 135 Å². The number of carbonyl (C=O) groups excluding carboxylic acids is 1. The largest absolute Gasteiger partial charge is 0.506 e. The van der Waals surface area contributed by atoms with E-state index in [-0.39, 0.29) is 17.2 Å². The summed E-state index contributed by atoms with van der Waals surface area (Å²) in [6.45, 7) is 4.81. The lowest BCUT2D eigenvalue weighted by Gasteiger charge is -2.37. The first kappa shape index (κ1) is 36.1. The molecule has 1 aromatic heterocycles. The maximum Gasteiger partial charge on any atom is 0.343 e. The Morgan fingerprint density at radius 2 is 1.62 bits per heavy atom. The number of likely N-dealkylation sites (tertiary alicyclic amines) is 1. The van der Waals surface area contributed by atoms with Crippen molar-refractivity contribution in [2.45, 2.75) is 95.2 Å². The molecule has 9 nitrogen and oxygen atoms in total. The molecule has 1 saturated heterocycles. The number of unbranched alkanes of at least 4 members (excludes halogenated alkanes) is 5. The first-order valence-electron chi connectivity index (χ1n) is 18.3. The lowest BCUT2D eigenvalue weighted by Crippen LogP contribution is -2.46. The monoisotopic (exact) mass is 661 g/mol. The van der Waals surface area contributed by atoms with Crippen molar-refractivity contribution in [3.8, 4) is 5.75 Å². The van der Waals surface area contributed by atoms with Crippen molar-refractivity contribution in [3.63, 3.8) is 0 Å². The van der Waals surface area contributed by atoms with Gasteiger partial charge in [-0.2, -0.15) is 0 Å². The summed E-state index contributed by atoms with van der Waals surface area (Å²) in [6, 6.07) is 15.6. The lowest BCUT2D eigenvalue weighted by molar-refractivity contribution is -0.177. The number of aromatic hydroxyl groups is 1. The van der Waals surface area contributed by atoms with Gasteiger partial charge in [0.15, 0.2) is 5.60 Å². The van der Waals surface area contributed by atoms with Gasteiger partial charge in [-0.3, -0.25) is 4.79 Å². The summed E-state index contributed by atoms with van der Waals surface area (Å²) >= 11 is 0. The van der Waals surface area contributed by atoms with Crippen LogP contribution in [0.15, 0.2) is 59.4 Å². The van der Waals surface area contributed by atoms with Crippen molar-refractivity contribution < 1.29 is 24.9 Å². The Bertz CT molecular complexity index is 1480. The summed E-state index contributed by atoms with van der Waals surface area (Å²) in [5.74, 6) is -0.223. The van der Waals surface area contributed by atoms with Gasteiger partial charge in [-0.25, -0.2) is 4.79 Å². The van der Waals surface area contributed by atoms with Crippen LogP contribution in [0.25, 0.3) is 10.9 Å². The van der Waals surface area contributed by atoms with E-state index >= 15 is 0 Å². The predicted molar refractivity (Wildman–Crippen MR) is 189 cm³/mol. The number of piperidine rings is 1. The molecule has 0 radical (unpaired) electrons. The van der Waals surface area contributed by atoms with Crippen LogP contribution in [0.3, 0.4) is 0 Å². The molecule has 48 heavy (non-hydrogen) atoms. The number of phenols is 1. The third-order valence-corrected chi connectivity index (χ3v) is 10.6. The summed E-state index contributed by atoms with van der Waals surface area (Å²) < 4.78 is 5.86. The fraction of sp³-hybridized carbons (Fsp3) is 0.590. The van der Waals surface area contributed by atoms with E-state index in [0.29, 0.717) is 41.1 Å². The Labute approximate surface area is 284 Å². The van der Waals surface area contributed by atoms with Crippen LogP contribution in [0.2, 0.25) is 0 Å². The number of nitrogens with one attached hydrogen (secondary N) is 2.